The maximum atomic E-state index is 12.4. The smallest absolute Gasteiger partial charge is 0.243 e. The van der Waals surface area contributed by atoms with E-state index in [0.717, 1.165) is 5.56 Å². The molecule has 0 saturated carbocycles. The van der Waals surface area contributed by atoms with E-state index < -0.39 is 22.0 Å². The summed E-state index contributed by atoms with van der Waals surface area (Å²) in [7, 11) is -3.62. The van der Waals surface area contributed by atoms with Gasteiger partial charge in [0.1, 0.15) is 6.04 Å². The van der Waals surface area contributed by atoms with E-state index in [1.807, 2.05) is 6.92 Å². The van der Waals surface area contributed by atoms with Gasteiger partial charge in [-0.25, -0.2) is 8.42 Å². The van der Waals surface area contributed by atoms with Crippen LogP contribution in [0.4, 0.5) is 0 Å². The quantitative estimate of drug-likeness (QED) is 0.873. The number of primary amides is 1. The third-order valence-corrected chi connectivity index (χ3v) is 5.08. The highest BCUT2D eigenvalue weighted by molar-refractivity contribution is 7.89. The number of amides is 1. The average Bonchev–Trinajstić information content (AvgIpc) is 2.79. The van der Waals surface area contributed by atoms with Crippen LogP contribution in [0.1, 0.15) is 18.4 Å². The average molecular weight is 268 g/mol. The van der Waals surface area contributed by atoms with Gasteiger partial charge in [0, 0.05) is 6.54 Å². The number of hydrogen-bond acceptors (Lipinski definition) is 3. The van der Waals surface area contributed by atoms with Crippen molar-refractivity contribution < 1.29 is 13.2 Å². The summed E-state index contributed by atoms with van der Waals surface area (Å²) in [5, 5.41) is 0. The van der Waals surface area contributed by atoms with Gasteiger partial charge in [-0.15, -0.1) is 0 Å². The summed E-state index contributed by atoms with van der Waals surface area (Å²) in [6, 6.07) is 5.88. The summed E-state index contributed by atoms with van der Waals surface area (Å²) in [4.78, 5) is 11.5. The molecule has 0 unspecified atom stereocenters. The van der Waals surface area contributed by atoms with Crippen molar-refractivity contribution in [3.05, 3.63) is 29.8 Å². The molecule has 2 rings (SSSR count). The molecule has 5 nitrogen and oxygen atoms in total. The van der Waals surface area contributed by atoms with Gasteiger partial charge in [-0.2, -0.15) is 4.31 Å². The van der Waals surface area contributed by atoms with Crippen LogP contribution < -0.4 is 5.73 Å². The van der Waals surface area contributed by atoms with E-state index in [-0.39, 0.29) is 4.90 Å². The van der Waals surface area contributed by atoms with Crippen molar-refractivity contribution in [1.29, 1.82) is 0 Å². The normalized spacial score (nSPS) is 21.1. The molecule has 0 spiro atoms. The van der Waals surface area contributed by atoms with E-state index in [0.29, 0.717) is 19.4 Å². The van der Waals surface area contributed by atoms with Crippen molar-refractivity contribution >= 4 is 15.9 Å². The Labute approximate surface area is 107 Å². The molecule has 1 heterocycles. The molecule has 1 aliphatic heterocycles. The SMILES string of the molecule is Cc1ccc(S(=O)(=O)N2CCC[C@@H]2C(N)=O)cc1. The summed E-state index contributed by atoms with van der Waals surface area (Å²) in [6.07, 6.45) is 1.17. The van der Waals surface area contributed by atoms with Crippen molar-refractivity contribution in [2.75, 3.05) is 6.54 Å². The topological polar surface area (TPSA) is 80.5 Å². The van der Waals surface area contributed by atoms with Crippen molar-refractivity contribution in [1.82, 2.24) is 4.31 Å². The first-order valence-corrected chi connectivity index (χ1v) is 7.25. The van der Waals surface area contributed by atoms with Crippen LogP contribution in [0.15, 0.2) is 29.2 Å². The molecule has 1 amide bonds. The Morgan fingerprint density at radius 2 is 1.94 bits per heavy atom. The molecule has 2 N–H and O–H groups in total. The summed E-state index contributed by atoms with van der Waals surface area (Å²) < 4.78 is 26.0. The minimum atomic E-state index is -3.62. The Kier molecular flexibility index (Phi) is 3.41. The number of sulfonamides is 1. The molecular formula is C12H16N2O3S. The second-order valence-electron chi connectivity index (χ2n) is 4.49. The lowest BCUT2D eigenvalue weighted by molar-refractivity contribution is -0.121. The zero-order chi connectivity index (χ0) is 13.3. The van der Waals surface area contributed by atoms with Crippen molar-refractivity contribution in [2.24, 2.45) is 5.73 Å². The number of carbonyl (C=O) groups is 1. The van der Waals surface area contributed by atoms with Gasteiger partial charge < -0.3 is 5.73 Å². The molecule has 1 saturated heterocycles. The highest BCUT2D eigenvalue weighted by Crippen LogP contribution is 2.25. The van der Waals surface area contributed by atoms with Gasteiger partial charge in [0.2, 0.25) is 15.9 Å². The molecule has 18 heavy (non-hydrogen) atoms. The van der Waals surface area contributed by atoms with Crippen molar-refractivity contribution in [3.63, 3.8) is 0 Å². The van der Waals surface area contributed by atoms with E-state index in [1.54, 1.807) is 24.3 Å². The second kappa shape index (κ2) is 4.70. The molecule has 1 fully saturated rings. The zero-order valence-electron chi connectivity index (χ0n) is 10.2. The fourth-order valence-corrected chi connectivity index (χ4v) is 3.82. The minimum Gasteiger partial charge on any atom is -0.368 e. The van der Waals surface area contributed by atoms with Crippen molar-refractivity contribution in [2.45, 2.75) is 30.7 Å². The number of nitrogens with two attached hydrogens (primary N) is 1. The molecule has 0 bridgehead atoms. The molecule has 6 heteroatoms. The van der Waals surface area contributed by atoms with Crippen LogP contribution in [-0.4, -0.2) is 31.2 Å². The van der Waals surface area contributed by atoms with Gasteiger partial charge in [-0.1, -0.05) is 17.7 Å². The molecule has 1 aromatic rings. The third-order valence-electron chi connectivity index (χ3n) is 3.16. The molecule has 0 aromatic heterocycles. The predicted molar refractivity (Wildman–Crippen MR) is 67.3 cm³/mol. The fourth-order valence-electron chi connectivity index (χ4n) is 2.16. The number of carbonyl (C=O) groups excluding carboxylic acids is 1. The monoisotopic (exact) mass is 268 g/mol. The fraction of sp³-hybridized carbons (Fsp3) is 0.417. The Balaban J connectivity index is 2.36. The largest absolute Gasteiger partial charge is 0.368 e. The Bertz CT molecular complexity index is 551. The zero-order valence-corrected chi connectivity index (χ0v) is 11.0. The maximum Gasteiger partial charge on any atom is 0.243 e. The molecule has 1 atom stereocenters. The van der Waals surface area contributed by atoms with Crippen LogP contribution in [0.2, 0.25) is 0 Å². The number of nitrogens with zero attached hydrogens (tertiary/aromatic N) is 1. The Hall–Kier alpha value is -1.40. The highest BCUT2D eigenvalue weighted by atomic mass is 32.2. The van der Waals surface area contributed by atoms with Crippen molar-refractivity contribution in [3.8, 4) is 0 Å². The van der Waals surface area contributed by atoms with Crippen LogP contribution in [0, 0.1) is 6.92 Å². The third kappa shape index (κ3) is 2.26. The molecule has 0 aliphatic carbocycles. The lowest BCUT2D eigenvalue weighted by Gasteiger charge is -2.21. The predicted octanol–water partition coefficient (Wildman–Crippen LogP) is 0.633. The van der Waals surface area contributed by atoms with Gasteiger partial charge in [-0.3, -0.25) is 4.79 Å². The molecular weight excluding hydrogens is 252 g/mol. The number of benzene rings is 1. The van der Waals surface area contributed by atoms with Crippen LogP contribution in [0.25, 0.3) is 0 Å². The Morgan fingerprint density at radius 3 is 2.50 bits per heavy atom. The summed E-state index contributed by atoms with van der Waals surface area (Å²) in [5.41, 5.74) is 6.23. The van der Waals surface area contributed by atoms with Gasteiger partial charge in [0.05, 0.1) is 4.90 Å². The van der Waals surface area contributed by atoms with E-state index >= 15 is 0 Å². The van der Waals surface area contributed by atoms with E-state index in [2.05, 4.69) is 0 Å². The first kappa shape index (κ1) is 13.0. The summed E-state index contributed by atoms with van der Waals surface area (Å²) >= 11 is 0. The standard InChI is InChI=1S/C12H16N2O3S/c1-9-4-6-10(7-5-9)18(16,17)14-8-2-3-11(14)12(13)15/h4-7,11H,2-3,8H2,1H3,(H2,13,15)/t11-/m1/s1. The van der Waals surface area contributed by atoms with Gasteiger partial charge in [-0.05, 0) is 31.9 Å². The van der Waals surface area contributed by atoms with E-state index in [1.165, 1.54) is 4.31 Å². The summed E-state index contributed by atoms with van der Waals surface area (Å²) in [6.45, 7) is 2.24. The molecule has 1 aromatic carbocycles. The number of hydrogen-bond donors (Lipinski definition) is 1. The summed E-state index contributed by atoms with van der Waals surface area (Å²) in [5.74, 6) is -0.580. The minimum absolute atomic E-state index is 0.209. The van der Waals surface area contributed by atoms with Crippen LogP contribution >= 0.6 is 0 Å². The van der Waals surface area contributed by atoms with Crippen LogP contribution in [-0.2, 0) is 14.8 Å². The highest BCUT2D eigenvalue weighted by Gasteiger charge is 2.38. The number of rotatable bonds is 3. The lowest BCUT2D eigenvalue weighted by atomic mass is 10.2. The van der Waals surface area contributed by atoms with Crippen LogP contribution in [0.3, 0.4) is 0 Å². The van der Waals surface area contributed by atoms with Gasteiger partial charge in [0.15, 0.2) is 0 Å². The van der Waals surface area contributed by atoms with Crippen LogP contribution in [0.5, 0.6) is 0 Å². The van der Waals surface area contributed by atoms with E-state index in [4.69, 9.17) is 5.73 Å². The first-order valence-electron chi connectivity index (χ1n) is 5.81. The molecule has 0 radical (unpaired) electrons. The van der Waals surface area contributed by atoms with E-state index in [9.17, 15) is 13.2 Å². The molecule has 98 valence electrons. The number of aryl methyl sites for hydroxylation is 1. The maximum absolute atomic E-state index is 12.4. The van der Waals surface area contributed by atoms with Gasteiger partial charge in [0.25, 0.3) is 0 Å². The Morgan fingerprint density at radius 1 is 1.33 bits per heavy atom. The first-order chi connectivity index (χ1) is 8.43. The van der Waals surface area contributed by atoms with Gasteiger partial charge >= 0.3 is 0 Å². The molecule has 1 aliphatic rings. The second-order valence-corrected chi connectivity index (χ2v) is 6.38. The lowest BCUT2D eigenvalue weighted by Crippen LogP contribution is -2.43.